The molecule has 0 aromatic rings. The molecule has 0 spiro atoms. The fourth-order valence-electron chi connectivity index (χ4n) is 10.3. The number of ether oxygens (including phenoxy) is 3. The second-order valence-electron chi connectivity index (χ2n) is 23.1. The Balaban J connectivity index is 4.01. The van der Waals surface area contributed by atoms with E-state index < -0.39 is 6.10 Å². The van der Waals surface area contributed by atoms with E-state index >= 15 is 0 Å². The molecule has 0 aliphatic heterocycles. The van der Waals surface area contributed by atoms with Gasteiger partial charge in [-0.3, -0.25) is 14.4 Å². The fraction of sp³-hybridized carbons (Fsp3) is 0.871. The van der Waals surface area contributed by atoms with Gasteiger partial charge < -0.3 is 14.2 Å². The smallest absolute Gasteiger partial charge is 0.306 e. The summed E-state index contributed by atoms with van der Waals surface area (Å²) in [7, 11) is 0. The second kappa shape index (κ2) is 65.2. The molecule has 1 unspecified atom stereocenters. The Bertz CT molecular complexity index is 1270. The molecule has 0 aromatic heterocycles. The molecule has 0 bridgehead atoms. The first-order chi connectivity index (χ1) is 37.5. The molecular formula is C70H130O6. The van der Waals surface area contributed by atoms with E-state index in [1.165, 1.54) is 263 Å². The highest BCUT2D eigenvalue weighted by molar-refractivity contribution is 5.71. The maximum Gasteiger partial charge on any atom is 0.306 e. The van der Waals surface area contributed by atoms with Crippen LogP contribution in [0.15, 0.2) is 36.5 Å². The van der Waals surface area contributed by atoms with Gasteiger partial charge in [-0.2, -0.15) is 0 Å². The molecule has 0 amide bonds. The van der Waals surface area contributed by atoms with Crippen LogP contribution in [0.1, 0.15) is 374 Å². The summed E-state index contributed by atoms with van der Waals surface area (Å²) < 4.78 is 16.8. The minimum absolute atomic E-state index is 0.0684. The number of hydrogen-bond acceptors (Lipinski definition) is 6. The maximum atomic E-state index is 12.9. The lowest BCUT2D eigenvalue weighted by Crippen LogP contribution is -2.30. The molecule has 0 fully saturated rings. The Hall–Kier alpha value is -2.37. The second-order valence-corrected chi connectivity index (χ2v) is 23.1. The van der Waals surface area contributed by atoms with Crippen molar-refractivity contribution in [3.8, 4) is 0 Å². The van der Waals surface area contributed by atoms with E-state index in [1.807, 2.05) is 0 Å². The van der Waals surface area contributed by atoms with Gasteiger partial charge in [0.05, 0.1) is 0 Å². The van der Waals surface area contributed by atoms with Crippen molar-refractivity contribution in [3.05, 3.63) is 36.5 Å². The van der Waals surface area contributed by atoms with Gasteiger partial charge in [0.25, 0.3) is 0 Å². The summed E-state index contributed by atoms with van der Waals surface area (Å²) >= 11 is 0. The third kappa shape index (κ3) is 62.5. The van der Waals surface area contributed by atoms with E-state index in [-0.39, 0.29) is 31.1 Å². The SMILES string of the molecule is CCCCCCC/C=C\C/C=C\C/C=C\CCCCCCCCCCCCCCC(=O)OCC(COC(=O)CCCCCCCC)OC(=O)CCCCCCCCCCCCCCCCCCCCCCCCCCC. The van der Waals surface area contributed by atoms with Crippen LogP contribution >= 0.6 is 0 Å². The molecule has 76 heavy (non-hydrogen) atoms. The van der Waals surface area contributed by atoms with Gasteiger partial charge in [-0.05, 0) is 57.8 Å². The predicted molar refractivity (Wildman–Crippen MR) is 330 cm³/mol. The van der Waals surface area contributed by atoms with Gasteiger partial charge in [0.2, 0.25) is 0 Å². The van der Waals surface area contributed by atoms with Crippen LogP contribution in [-0.2, 0) is 28.6 Å². The minimum Gasteiger partial charge on any atom is -0.462 e. The summed E-state index contributed by atoms with van der Waals surface area (Å²) in [6.45, 7) is 6.63. The zero-order valence-electron chi connectivity index (χ0n) is 51.3. The summed E-state index contributed by atoms with van der Waals surface area (Å²) in [5, 5.41) is 0. The lowest BCUT2D eigenvalue weighted by molar-refractivity contribution is -0.167. The highest BCUT2D eigenvalue weighted by Gasteiger charge is 2.19. The normalized spacial score (nSPS) is 12.2. The molecule has 0 saturated carbocycles. The standard InChI is InChI=1S/C70H130O6/c1-4-7-10-13-16-18-20-22-24-26-28-30-32-34-35-37-38-40-42-44-46-48-50-52-54-57-60-63-69(72)75-66-67(65-74-68(71)62-59-56-15-12-9-6-3)76-70(73)64-61-58-55-53-51-49-47-45-43-41-39-36-33-31-29-27-25-23-21-19-17-14-11-8-5-2/h20,22,26,28,32,34,67H,4-19,21,23-25,27,29-31,33,35-66H2,1-3H3/b22-20-,28-26-,34-32-. The molecule has 6 nitrogen and oxygen atoms in total. The zero-order valence-corrected chi connectivity index (χ0v) is 51.3. The Labute approximate surface area is 474 Å². The first-order valence-corrected chi connectivity index (χ1v) is 34.0. The predicted octanol–water partition coefficient (Wildman–Crippen LogP) is 23.2. The number of carbonyl (C=O) groups excluding carboxylic acids is 3. The Morgan fingerprint density at radius 1 is 0.263 bits per heavy atom. The molecule has 0 aliphatic rings. The highest BCUT2D eigenvalue weighted by Crippen LogP contribution is 2.18. The maximum absolute atomic E-state index is 12.9. The quantitative estimate of drug-likeness (QED) is 0.0261. The highest BCUT2D eigenvalue weighted by atomic mass is 16.6. The average Bonchev–Trinajstić information content (AvgIpc) is 3.42. The Morgan fingerprint density at radius 3 is 0.737 bits per heavy atom. The molecule has 0 aliphatic carbocycles. The third-order valence-corrected chi connectivity index (χ3v) is 15.4. The average molecular weight is 1070 g/mol. The summed E-state index contributed by atoms with van der Waals surface area (Å²) in [4.78, 5) is 38.1. The van der Waals surface area contributed by atoms with E-state index in [4.69, 9.17) is 14.2 Å². The number of unbranched alkanes of at least 4 members (excludes halogenated alkanes) is 46. The molecule has 0 saturated heterocycles. The van der Waals surface area contributed by atoms with E-state index in [9.17, 15) is 14.4 Å². The van der Waals surface area contributed by atoms with Gasteiger partial charge in [0.15, 0.2) is 6.10 Å². The monoisotopic (exact) mass is 1070 g/mol. The number of rotatable bonds is 63. The van der Waals surface area contributed by atoms with Crippen LogP contribution in [0.2, 0.25) is 0 Å². The van der Waals surface area contributed by atoms with Crippen LogP contribution in [0.25, 0.3) is 0 Å². The van der Waals surface area contributed by atoms with E-state index in [2.05, 4.69) is 57.2 Å². The number of esters is 3. The van der Waals surface area contributed by atoms with Crippen LogP contribution in [0.5, 0.6) is 0 Å². The zero-order chi connectivity index (χ0) is 55.0. The molecule has 1 atom stereocenters. The number of carbonyl (C=O) groups is 3. The van der Waals surface area contributed by atoms with Gasteiger partial charge in [0, 0.05) is 19.3 Å². The van der Waals surface area contributed by atoms with Crippen LogP contribution in [0, 0.1) is 0 Å². The van der Waals surface area contributed by atoms with Crippen LogP contribution in [-0.4, -0.2) is 37.2 Å². The van der Waals surface area contributed by atoms with Crippen molar-refractivity contribution in [1.29, 1.82) is 0 Å². The number of allylic oxidation sites excluding steroid dienone is 6. The third-order valence-electron chi connectivity index (χ3n) is 15.4. The summed E-state index contributed by atoms with van der Waals surface area (Å²) in [5.74, 6) is -0.855. The minimum atomic E-state index is -0.767. The van der Waals surface area contributed by atoms with E-state index in [1.54, 1.807) is 0 Å². The molecule has 6 heteroatoms. The largest absolute Gasteiger partial charge is 0.462 e. The van der Waals surface area contributed by atoms with Crippen LogP contribution in [0.4, 0.5) is 0 Å². The molecule has 0 heterocycles. The van der Waals surface area contributed by atoms with Crippen molar-refractivity contribution in [1.82, 2.24) is 0 Å². The first kappa shape index (κ1) is 73.6. The van der Waals surface area contributed by atoms with Crippen molar-refractivity contribution in [2.75, 3.05) is 13.2 Å². The van der Waals surface area contributed by atoms with E-state index in [0.717, 1.165) is 70.6 Å². The first-order valence-electron chi connectivity index (χ1n) is 34.0. The summed E-state index contributed by atoms with van der Waals surface area (Å²) in [6, 6.07) is 0. The topological polar surface area (TPSA) is 78.9 Å². The van der Waals surface area contributed by atoms with Crippen LogP contribution < -0.4 is 0 Å². The molecule has 0 rings (SSSR count). The van der Waals surface area contributed by atoms with Gasteiger partial charge in [-0.25, -0.2) is 0 Å². The summed E-state index contributed by atoms with van der Waals surface area (Å²) in [6.07, 6.45) is 80.6. The van der Waals surface area contributed by atoms with Gasteiger partial charge in [-0.15, -0.1) is 0 Å². The van der Waals surface area contributed by atoms with Crippen molar-refractivity contribution in [2.45, 2.75) is 380 Å². The van der Waals surface area contributed by atoms with Gasteiger partial charge in [0.1, 0.15) is 13.2 Å². The van der Waals surface area contributed by atoms with Crippen molar-refractivity contribution >= 4 is 17.9 Å². The van der Waals surface area contributed by atoms with Crippen molar-refractivity contribution < 1.29 is 28.6 Å². The molecule has 0 N–H and O–H groups in total. The van der Waals surface area contributed by atoms with E-state index in [0.29, 0.717) is 19.3 Å². The Kier molecular flexibility index (Phi) is 63.1. The summed E-state index contributed by atoms with van der Waals surface area (Å²) in [5.41, 5.74) is 0. The molecule has 446 valence electrons. The molecule has 0 aromatic carbocycles. The van der Waals surface area contributed by atoms with Crippen molar-refractivity contribution in [2.24, 2.45) is 0 Å². The van der Waals surface area contributed by atoms with Gasteiger partial charge in [-0.1, -0.05) is 333 Å². The lowest BCUT2D eigenvalue weighted by Gasteiger charge is -2.18. The fourth-order valence-corrected chi connectivity index (χ4v) is 10.3. The lowest BCUT2D eigenvalue weighted by atomic mass is 10.0. The van der Waals surface area contributed by atoms with Gasteiger partial charge >= 0.3 is 17.9 Å². The number of hydrogen-bond donors (Lipinski definition) is 0. The molecule has 0 radical (unpaired) electrons. The van der Waals surface area contributed by atoms with Crippen molar-refractivity contribution in [3.63, 3.8) is 0 Å². The molecular weight excluding hydrogens is 937 g/mol. The van der Waals surface area contributed by atoms with Crippen LogP contribution in [0.3, 0.4) is 0 Å². The Morgan fingerprint density at radius 2 is 0.474 bits per heavy atom.